The molecule has 1 atom stereocenters. The number of ether oxygens (including phenoxy) is 2. The number of carbonyl (C=O) groups is 2. The summed E-state index contributed by atoms with van der Waals surface area (Å²) in [6.07, 6.45) is 0.458. The summed E-state index contributed by atoms with van der Waals surface area (Å²) in [6.45, 7) is 5.25. The van der Waals surface area contributed by atoms with E-state index >= 15 is 0 Å². The van der Waals surface area contributed by atoms with Crippen molar-refractivity contribution in [2.45, 2.75) is 31.7 Å². The number of aromatic nitrogens is 1. The zero-order valence-corrected chi connectivity index (χ0v) is 16.2. The molecule has 9 heteroatoms. The van der Waals surface area contributed by atoms with Crippen LogP contribution in [0.2, 0.25) is 0 Å². The number of aryl methyl sites for hydroxylation is 1. The van der Waals surface area contributed by atoms with Gasteiger partial charge in [-0.3, -0.25) is 0 Å². The molecule has 1 aromatic heterocycles. The number of esters is 1. The predicted molar refractivity (Wildman–Crippen MR) is 97.7 cm³/mol. The molecule has 2 rings (SSSR count). The van der Waals surface area contributed by atoms with Crippen molar-refractivity contribution in [2.75, 3.05) is 13.2 Å². The second-order valence-corrected chi connectivity index (χ2v) is 7.41. The number of carbonyl (C=O) groups excluding carboxylic acids is 2. The number of amides is 1. The van der Waals surface area contributed by atoms with Crippen LogP contribution in [0.1, 0.15) is 31.1 Å². The van der Waals surface area contributed by atoms with Crippen LogP contribution in [0.25, 0.3) is 0 Å². The third-order valence-corrected chi connectivity index (χ3v) is 5.39. The minimum absolute atomic E-state index is 0.0436. The van der Waals surface area contributed by atoms with Gasteiger partial charge in [0.1, 0.15) is 0 Å². The fourth-order valence-corrected chi connectivity index (χ4v) is 3.80. The van der Waals surface area contributed by atoms with Crippen LogP contribution in [-0.4, -0.2) is 37.7 Å². The molecule has 0 saturated heterocycles. The van der Waals surface area contributed by atoms with Gasteiger partial charge in [-0.1, -0.05) is 17.7 Å². The Kier molecular flexibility index (Phi) is 6.62. The minimum atomic E-state index is -3.97. The molecule has 0 radical (unpaired) electrons. The molecule has 0 saturated carbocycles. The summed E-state index contributed by atoms with van der Waals surface area (Å²) in [5, 5.41) is 2.36. The highest BCUT2D eigenvalue weighted by molar-refractivity contribution is 7.90. The lowest BCUT2D eigenvalue weighted by atomic mass is 10.2. The fraction of sp³-hybridized carbons (Fsp3) is 0.333. The highest BCUT2D eigenvalue weighted by Crippen LogP contribution is 2.23. The van der Waals surface area contributed by atoms with Gasteiger partial charge in [-0.05, 0) is 45.0 Å². The molecule has 0 aliphatic rings. The van der Waals surface area contributed by atoms with E-state index in [4.69, 9.17) is 9.47 Å². The van der Waals surface area contributed by atoms with Gasteiger partial charge in [-0.25, -0.2) is 22.0 Å². The van der Waals surface area contributed by atoms with Gasteiger partial charge in [0.25, 0.3) is 10.0 Å². The van der Waals surface area contributed by atoms with Crippen LogP contribution in [0.15, 0.2) is 47.5 Å². The third-order valence-electron chi connectivity index (χ3n) is 3.68. The monoisotopic (exact) mass is 394 g/mol. The van der Waals surface area contributed by atoms with Gasteiger partial charge in [0.15, 0.2) is 6.04 Å². The summed E-state index contributed by atoms with van der Waals surface area (Å²) in [4.78, 5) is 24.2. The quantitative estimate of drug-likeness (QED) is 0.723. The zero-order valence-electron chi connectivity index (χ0n) is 15.3. The number of hydrogen-bond donors (Lipinski definition) is 1. The van der Waals surface area contributed by atoms with Gasteiger partial charge in [-0.2, -0.15) is 0 Å². The Morgan fingerprint density at radius 2 is 1.70 bits per heavy atom. The summed E-state index contributed by atoms with van der Waals surface area (Å²) < 4.78 is 36.7. The van der Waals surface area contributed by atoms with Crippen LogP contribution < -0.4 is 5.32 Å². The molecular formula is C18H22N2O6S. The molecular weight excluding hydrogens is 372 g/mol. The Bertz CT molecular complexity index is 902. The first-order valence-corrected chi connectivity index (χ1v) is 9.84. The number of nitrogens with zero attached hydrogens (tertiary/aromatic N) is 1. The summed E-state index contributed by atoms with van der Waals surface area (Å²) >= 11 is 0. The molecule has 1 N–H and O–H groups in total. The molecule has 1 unspecified atom stereocenters. The Hall–Kier alpha value is -2.81. The van der Waals surface area contributed by atoms with Crippen LogP contribution in [0.4, 0.5) is 4.79 Å². The van der Waals surface area contributed by atoms with E-state index in [1.165, 1.54) is 30.5 Å². The molecule has 1 heterocycles. The maximum absolute atomic E-state index is 13.0. The summed E-state index contributed by atoms with van der Waals surface area (Å²) in [7, 11) is -3.97. The predicted octanol–water partition coefficient (Wildman–Crippen LogP) is 2.38. The molecule has 1 amide bonds. The second kappa shape index (κ2) is 8.72. The van der Waals surface area contributed by atoms with Gasteiger partial charge in [0.05, 0.1) is 23.8 Å². The van der Waals surface area contributed by atoms with Gasteiger partial charge in [0.2, 0.25) is 0 Å². The van der Waals surface area contributed by atoms with E-state index in [1.807, 2.05) is 6.92 Å². The number of hydrogen-bond acceptors (Lipinski definition) is 6. The van der Waals surface area contributed by atoms with Crippen molar-refractivity contribution < 1.29 is 27.5 Å². The smallest absolute Gasteiger partial charge is 0.408 e. The lowest BCUT2D eigenvalue weighted by Gasteiger charge is -2.19. The van der Waals surface area contributed by atoms with E-state index in [9.17, 15) is 18.0 Å². The number of rotatable bonds is 7. The van der Waals surface area contributed by atoms with Crippen molar-refractivity contribution in [2.24, 2.45) is 0 Å². The first-order chi connectivity index (χ1) is 12.8. The Morgan fingerprint density at radius 1 is 1.07 bits per heavy atom. The topological polar surface area (TPSA) is 104 Å². The van der Waals surface area contributed by atoms with Crippen LogP contribution in [-0.2, 0) is 24.3 Å². The maximum Gasteiger partial charge on any atom is 0.408 e. The molecule has 0 aliphatic carbocycles. The van der Waals surface area contributed by atoms with Gasteiger partial charge >= 0.3 is 12.1 Å². The van der Waals surface area contributed by atoms with Crippen molar-refractivity contribution in [3.05, 3.63) is 53.9 Å². The lowest BCUT2D eigenvalue weighted by Crippen LogP contribution is -2.37. The summed E-state index contributed by atoms with van der Waals surface area (Å²) in [6, 6.07) is 7.88. The van der Waals surface area contributed by atoms with Crippen molar-refractivity contribution in [1.82, 2.24) is 9.29 Å². The summed E-state index contributed by atoms with van der Waals surface area (Å²) in [5.41, 5.74) is 0.956. The van der Waals surface area contributed by atoms with Gasteiger partial charge in [0, 0.05) is 6.20 Å². The van der Waals surface area contributed by atoms with Crippen LogP contribution in [0, 0.1) is 6.92 Å². The number of benzene rings is 1. The van der Waals surface area contributed by atoms with Crippen molar-refractivity contribution in [3.63, 3.8) is 0 Å². The lowest BCUT2D eigenvalue weighted by molar-refractivity contribution is -0.145. The standard InChI is InChI=1S/C18H22N2O6S/c1-4-25-17(21)16(19-18(22)26-5-2)15-7-6-12-20(15)27(23,24)14-10-8-13(3)9-11-14/h6-12,16H,4-5H2,1-3H3,(H,19,22). The molecule has 146 valence electrons. The average Bonchev–Trinajstić information content (AvgIpc) is 3.10. The van der Waals surface area contributed by atoms with Crippen molar-refractivity contribution in [1.29, 1.82) is 0 Å². The number of alkyl carbamates (subject to hydrolysis) is 1. The Labute approximate surface area is 158 Å². The normalized spacial score (nSPS) is 12.3. The largest absolute Gasteiger partial charge is 0.464 e. The molecule has 0 bridgehead atoms. The highest BCUT2D eigenvalue weighted by atomic mass is 32.2. The molecule has 27 heavy (non-hydrogen) atoms. The fourth-order valence-electron chi connectivity index (χ4n) is 2.42. The highest BCUT2D eigenvalue weighted by Gasteiger charge is 2.31. The van der Waals surface area contributed by atoms with E-state index < -0.39 is 28.1 Å². The van der Waals surface area contributed by atoms with E-state index in [1.54, 1.807) is 26.0 Å². The van der Waals surface area contributed by atoms with E-state index in [2.05, 4.69) is 5.32 Å². The second-order valence-electron chi connectivity index (χ2n) is 5.60. The first kappa shape index (κ1) is 20.5. The van der Waals surface area contributed by atoms with Crippen LogP contribution in [0.5, 0.6) is 0 Å². The van der Waals surface area contributed by atoms with E-state index in [0.717, 1.165) is 9.54 Å². The third kappa shape index (κ3) is 4.68. The molecule has 0 spiro atoms. The SMILES string of the molecule is CCOC(=O)NC(C(=O)OCC)c1cccn1S(=O)(=O)c1ccc(C)cc1. The van der Waals surface area contributed by atoms with Crippen molar-refractivity contribution >= 4 is 22.1 Å². The molecule has 1 aromatic carbocycles. The maximum atomic E-state index is 13.0. The van der Waals surface area contributed by atoms with E-state index in [0.29, 0.717) is 0 Å². The molecule has 0 aliphatic heterocycles. The van der Waals surface area contributed by atoms with Gasteiger partial charge < -0.3 is 14.8 Å². The zero-order chi connectivity index (χ0) is 20.0. The van der Waals surface area contributed by atoms with Crippen LogP contribution >= 0.6 is 0 Å². The Morgan fingerprint density at radius 3 is 2.30 bits per heavy atom. The van der Waals surface area contributed by atoms with Gasteiger partial charge in [-0.15, -0.1) is 0 Å². The number of nitrogens with one attached hydrogen (secondary N) is 1. The van der Waals surface area contributed by atoms with Crippen LogP contribution in [0.3, 0.4) is 0 Å². The Balaban J connectivity index is 2.47. The summed E-state index contributed by atoms with van der Waals surface area (Å²) in [5.74, 6) is -0.787. The van der Waals surface area contributed by atoms with Crippen molar-refractivity contribution in [3.8, 4) is 0 Å². The first-order valence-electron chi connectivity index (χ1n) is 8.40. The molecule has 0 fully saturated rings. The minimum Gasteiger partial charge on any atom is -0.464 e. The average molecular weight is 394 g/mol. The van der Waals surface area contributed by atoms with E-state index in [-0.39, 0.29) is 23.8 Å². The molecule has 8 nitrogen and oxygen atoms in total. The molecule has 2 aromatic rings.